The first-order valence-electron chi connectivity index (χ1n) is 7.64. The summed E-state index contributed by atoms with van der Waals surface area (Å²) in [4.78, 5) is 4.19. The number of hydrogen-bond donors (Lipinski definition) is 1. The summed E-state index contributed by atoms with van der Waals surface area (Å²) in [5, 5.41) is 3.42. The molecule has 112 valence electrons. The van der Waals surface area contributed by atoms with Crippen LogP contribution in [0.2, 0.25) is 0 Å². The van der Waals surface area contributed by atoms with Crippen LogP contribution in [0.3, 0.4) is 0 Å². The van der Waals surface area contributed by atoms with Gasteiger partial charge in [0.05, 0.1) is 0 Å². The molecule has 1 aromatic carbocycles. The molecule has 2 heteroatoms. The highest BCUT2D eigenvalue weighted by Crippen LogP contribution is 2.22. The van der Waals surface area contributed by atoms with Crippen LogP contribution >= 0.6 is 0 Å². The van der Waals surface area contributed by atoms with E-state index in [1.165, 1.54) is 16.7 Å². The third kappa shape index (κ3) is 4.68. The van der Waals surface area contributed by atoms with Gasteiger partial charge in [0.25, 0.3) is 0 Å². The number of pyridine rings is 1. The van der Waals surface area contributed by atoms with Crippen LogP contribution < -0.4 is 5.32 Å². The Bertz CT molecular complexity index is 538. The molecular weight excluding hydrogens is 256 g/mol. The van der Waals surface area contributed by atoms with Crippen LogP contribution in [-0.2, 0) is 18.3 Å². The van der Waals surface area contributed by atoms with Gasteiger partial charge in [0.1, 0.15) is 0 Å². The zero-order valence-electron chi connectivity index (χ0n) is 13.6. The van der Waals surface area contributed by atoms with Gasteiger partial charge in [0, 0.05) is 18.4 Å². The summed E-state index contributed by atoms with van der Waals surface area (Å²) in [5.74, 6) is 0. The Labute approximate surface area is 128 Å². The van der Waals surface area contributed by atoms with Crippen molar-refractivity contribution in [1.29, 1.82) is 0 Å². The molecule has 2 nitrogen and oxygen atoms in total. The average molecular weight is 282 g/mol. The molecule has 0 bridgehead atoms. The SMILES string of the molecule is CNC(Cc1ccc(C(C)(C)C)cc1)Cc1cccnc1. The number of likely N-dealkylation sites (N-methyl/N-ethyl adjacent to an activating group) is 1. The van der Waals surface area contributed by atoms with Gasteiger partial charge in [-0.3, -0.25) is 4.98 Å². The third-order valence-electron chi connectivity index (χ3n) is 3.92. The monoisotopic (exact) mass is 282 g/mol. The van der Waals surface area contributed by atoms with E-state index < -0.39 is 0 Å². The second kappa shape index (κ2) is 6.86. The molecule has 2 aromatic rings. The van der Waals surface area contributed by atoms with E-state index in [9.17, 15) is 0 Å². The second-order valence-electron chi connectivity index (χ2n) is 6.70. The molecule has 1 atom stereocenters. The molecule has 21 heavy (non-hydrogen) atoms. The Hall–Kier alpha value is -1.67. The van der Waals surface area contributed by atoms with Gasteiger partial charge in [-0.1, -0.05) is 51.1 Å². The molecule has 2 rings (SSSR count). The highest BCUT2D eigenvalue weighted by Gasteiger charge is 2.14. The van der Waals surface area contributed by atoms with E-state index in [1.54, 1.807) is 0 Å². The summed E-state index contributed by atoms with van der Waals surface area (Å²) in [6.45, 7) is 6.75. The number of hydrogen-bond acceptors (Lipinski definition) is 2. The van der Waals surface area contributed by atoms with Crippen molar-refractivity contribution < 1.29 is 0 Å². The molecular formula is C19H26N2. The van der Waals surface area contributed by atoms with Crippen molar-refractivity contribution in [3.8, 4) is 0 Å². The van der Waals surface area contributed by atoms with E-state index >= 15 is 0 Å². The number of aromatic nitrogens is 1. The predicted molar refractivity (Wildman–Crippen MR) is 89.6 cm³/mol. The molecule has 1 unspecified atom stereocenters. The largest absolute Gasteiger partial charge is 0.316 e. The molecule has 0 spiro atoms. The quantitative estimate of drug-likeness (QED) is 0.903. The summed E-state index contributed by atoms with van der Waals surface area (Å²) in [7, 11) is 2.03. The molecule has 0 saturated heterocycles. The van der Waals surface area contributed by atoms with Gasteiger partial charge >= 0.3 is 0 Å². The number of rotatable bonds is 5. The molecule has 1 heterocycles. The van der Waals surface area contributed by atoms with E-state index in [4.69, 9.17) is 0 Å². The first-order chi connectivity index (χ1) is 9.99. The summed E-state index contributed by atoms with van der Waals surface area (Å²) in [5.41, 5.74) is 4.27. The minimum absolute atomic E-state index is 0.219. The lowest BCUT2D eigenvalue weighted by molar-refractivity contribution is 0.554. The standard InChI is InChI=1S/C19H26N2/c1-19(2,3)17-9-7-15(8-10-17)12-18(20-4)13-16-6-5-11-21-14-16/h5-11,14,18,20H,12-13H2,1-4H3. The highest BCUT2D eigenvalue weighted by atomic mass is 14.9. The van der Waals surface area contributed by atoms with Crippen molar-refractivity contribution in [3.63, 3.8) is 0 Å². The minimum atomic E-state index is 0.219. The lowest BCUT2D eigenvalue weighted by atomic mass is 9.86. The van der Waals surface area contributed by atoms with Crippen LogP contribution in [0.5, 0.6) is 0 Å². The van der Waals surface area contributed by atoms with E-state index in [2.05, 4.69) is 61.4 Å². The third-order valence-corrected chi connectivity index (χ3v) is 3.92. The van der Waals surface area contributed by atoms with Gasteiger partial charge in [-0.2, -0.15) is 0 Å². The van der Waals surface area contributed by atoms with Crippen LogP contribution in [0, 0.1) is 0 Å². The number of nitrogens with zero attached hydrogens (tertiary/aromatic N) is 1. The molecule has 0 aliphatic rings. The Morgan fingerprint density at radius 3 is 2.19 bits per heavy atom. The van der Waals surface area contributed by atoms with Crippen molar-refractivity contribution in [2.24, 2.45) is 0 Å². The van der Waals surface area contributed by atoms with Crippen LogP contribution in [0.25, 0.3) is 0 Å². The topological polar surface area (TPSA) is 24.9 Å². The maximum absolute atomic E-state index is 4.19. The van der Waals surface area contributed by atoms with E-state index in [-0.39, 0.29) is 5.41 Å². The summed E-state index contributed by atoms with van der Waals surface area (Å²) in [6.07, 6.45) is 5.82. The lowest BCUT2D eigenvalue weighted by Crippen LogP contribution is -2.30. The Morgan fingerprint density at radius 2 is 1.67 bits per heavy atom. The smallest absolute Gasteiger partial charge is 0.0300 e. The minimum Gasteiger partial charge on any atom is -0.316 e. The zero-order valence-corrected chi connectivity index (χ0v) is 13.6. The van der Waals surface area contributed by atoms with Gasteiger partial charge in [-0.05, 0) is 48.1 Å². The molecule has 0 amide bonds. The van der Waals surface area contributed by atoms with Crippen LogP contribution in [-0.4, -0.2) is 18.1 Å². The fourth-order valence-corrected chi connectivity index (χ4v) is 2.51. The number of nitrogens with one attached hydrogen (secondary N) is 1. The number of benzene rings is 1. The van der Waals surface area contributed by atoms with Crippen LogP contribution in [0.15, 0.2) is 48.8 Å². The van der Waals surface area contributed by atoms with Gasteiger partial charge < -0.3 is 5.32 Å². The Balaban J connectivity index is 2.02. The maximum atomic E-state index is 4.19. The van der Waals surface area contributed by atoms with Crippen LogP contribution in [0.4, 0.5) is 0 Å². The van der Waals surface area contributed by atoms with Gasteiger partial charge in [-0.25, -0.2) is 0 Å². The van der Waals surface area contributed by atoms with Crippen molar-refractivity contribution >= 4 is 0 Å². The zero-order chi connectivity index (χ0) is 15.3. The second-order valence-corrected chi connectivity index (χ2v) is 6.70. The fourth-order valence-electron chi connectivity index (χ4n) is 2.51. The highest BCUT2D eigenvalue weighted by molar-refractivity contribution is 5.28. The molecule has 1 aromatic heterocycles. The summed E-state index contributed by atoms with van der Waals surface area (Å²) in [6, 6.07) is 13.6. The maximum Gasteiger partial charge on any atom is 0.0300 e. The van der Waals surface area contributed by atoms with E-state index in [0.717, 1.165) is 12.8 Å². The Morgan fingerprint density at radius 1 is 1.00 bits per heavy atom. The van der Waals surface area contributed by atoms with Gasteiger partial charge in [-0.15, -0.1) is 0 Å². The first kappa shape index (κ1) is 15.7. The average Bonchev–Trinajstić information content (AvgIpc) is 2.47. The molecule has 1 N–H and O–H groups in total. The Kier molecular flexibility index (Phi) is 5.13. The lowest BCUT2D eigenvalue weighted by Gasteiger charge is -2.20. The van der Waals surface area contributed by atoms with E-state index in [1.807, 2.05) is 25.5 Å². The predicted octanol–water partition coefficient (Wildman–Crippen LogP) is 3.75. The molecule has 0 radical (unpaired) electrons. The molecule has 0 aliphatic heterocycles. The fraction of sp³-hybridized carbons (Fsp3) is 0.421. The van der Waals surface area contributed by atoms with Gasteiger partial charge in [0.15, 0.2) is 0 Å². The van der Waals surface area contributed by atoms with Crippen molar-refractivity contribution in [2.75, 3.05) is 7.05 Å². The van der Waals surface area contributed by atoms with E-state index in [0.29, 0.717) is 6.04 Å². The summed E-state index contributed by atoms with van der Waals surface area (Å²) >= 11 is 0. The molecule has 0 aliphatic carbocycles. The van der Waals surface area contributed by atoms with Crippen molar-refractivity contribution in [2.45, 2.75) is 45.1 Å². The summed E-state index contributed by atoms with van der Waals surface area (Å²) < 4.78 is 0. The van der Waals surface area contributed by atoms with Crippen molar-refractivity contribution in [1.82, 2.24) is 10.3 Å². The van der Waals surface area contributed by atoms with Crippen LogP contribution in [0.1, 0.15) is 37.5 Å². The first-order valence-corrected chi connectivity index (χ1v) is 7.64. The molecule has 0 saturated carbocycles. The normalized spacial score (nSPS) is 13.1. The van der Waals surface area contributed by atoms with Crippen molar-refractivity contribution in [3.05, 3.63) is 65.5 Å². The van der Waals surface area contributed by atoms with Gasteiger partial charge in [0.2, 0.25) is 0 Å². The molecule has 0 fully saturated rings.